The first kappa shape index (κ1) is 23.7. The molecule has 35 heavy (non-hydrogen) atoms. The summed E-state index contributed by atoms with van der Waals surface area (Å²) in [5, 5.41) is 0.850. The number of hydrogen-bond donors (Lipinski definition) is 0. The summed E-state index contributed by atoms with van der Waals surface area (Å²) in [4.78, 5) is 27.3. The van der Waals surface area contributed by atoms with E-state index in [4.69, 9.17) is 9.97 Å². The van der Waals surface area contributed by atoms with Gasteiger partial charge in [0.1, 0.15) is 0 Å². The van der Waals surface area contributed by atoms with E-state index in [0.717, 1.165) is 30.5 Å². The molecule has 5 rings (SSSR count). The number of amides is 1. The number of carbonyl (C=O) groups is 1. The van der Waals surface area contributed by atoms with E-state index in [9.17, 15) is 13.2 Å². The summed E-state index contributed by atoms with van der Waals surface area (Å²) in [5.74, 6) is 1.51. The molecule has 8 heteroatoms. The van der Waals surface area contributed by atoms with Gasteiger partial charge in [-0.3, -0.25) is 4.79 Å². The van der Waals surface area contributed by atoms with E-state index in [1.165, 1.54) is 24.7 Å². The van der Waals surface area contributed by atoms with Gasteiger partial charge < -0.3 is 9.80 Å². The summed E-state index contributed by atoms with van der Waals surface area (Å²) in [7, 11) is -3.31. The van der Waals surface area contributed by atoms with Crippen molar-refractivity contribution in [1.82, 2.24) is 14.9 Å². The van der Waals surface area contributed by atoms with Gasteiger partial charge in [-0.1, -0.05) is 30.3 Å². The van der Waals surface area contributed by atoms with E-state index < -0.39 is 9.84 Å². The van der Waals surface area contributed by atoms with E-state index in [1.807, 2.05) is 25.1 Å². The highest BCUT2D eigenvalue weighted by Gasteiger charge is 2.33. The molecule has 0 unspecified atom stereocenters. The van der Waals surface area contributed by atoms with Crippen LogP contribution >= 0.6 is 0 Å². The molecule has 0 spiro atoms. The lowest BCUT2D eigenvalue weighted by atomic mass is 9.95. The van der Waals surface area contributed by atoms with Crippen LogP contribution in [-0.4, -0.2) is 55.1 Å². The monoisotopic (exact) mass is 492 g/mol. The molecule has 2 fully saturated rings. The van der Waals surface area contributed by atoms with Crippen LogP contribution in [0.2, 0.25) is 0 Å². The van der Waals surface area contributed by atoms with Crippen molar-refractivity contribution >= 4 is 32.6 Å². The second-order valence-corrected chi connectivity index (χ2v) is 12.0. The third-order valence-corrected chi connectivity index (χ3v) is 8.22. The van der Waals surface area contributed by atoms with Crippen LogP contribution in [0.3, 0.4) is 0 Å². The maximum atomic E-state index is 13.5. The minimum absolute atomic E-state index is 0.00658. The van der Waals surface area contributed by atoms with Crippen molar-refractivity contribution in [3.63, 3.8) is 0 Å². The lowest BCUT2D eigenvalue weighted by Gasteiger charge is -2.34. The Bertz CT molecular complexity index is 1330. The van der Waals surface area contributed by atoms with E-state index >= 15 is 0 Å². The second kappa shape index (κ2) is 9.57. The summed E-state index contributed by atoms with van der Waals surface area (Å²) in [6.45, 7) is 4.85. The van der Waals surface area contributed by atoms with Crippen LogP contribution in [0.5, 0.6) is 0 Å². The van der Waals surface area contributed by atoms with Gasteiger partial charge in [0.05, 0.1) is 16.1 Å². The Labute approximate surface area is 207 Å². The number of fused-ring (bicyclic) bond motifs is 1. The molecule has 2 aliphatic rings. The van der Waals surface area contributed by atoms with Crippen LogP contribution in [0, 0.1) is 18.8 Å². The van der Waals surface area contributed by atoms with Gasteiger partial charge in [0.25, 0.3) is 0 Å². The van der Waals surface area contributed by atoms with Crippen LogP contribution in [0.4, 0.5) is 5.95 Å². The zero-order valence-corrected chi connectivity index (χ0v) is 21.2. The summed E-state index contributed by atoms with van der Waals surface area (Å²) >= 11 is 0. The molecular weight excluding hydrogens is 460 g/mol. The molecule has 184 valence electrons. The van der Waals surface area contributed by atoms with Gasteiger partial charge in [-0.25, -0.2) is 18.4 Å². The van der Waals surface area contributed by atoms with Gasteiger partial charge in [-0.05, 0) is 62.3 Å². The molecule has 1 aliphatic heterocycles. The van der Waals surface area contributed by atoms with Crippen molar-refractivity contribution in [1.29, 1.82) is 0 Å². The number of anilines is 1. The minimum Gasteiger partial charge on any atom is -0.341 e. The van der Waals surface area contributed by atoms with Crippen molar-refractivity contribution in [3.8, 4) is 0 Å². The van der Waals surface area contributed by atoms with Crippen molar-refractivity contribution in [2.24, 2.45) is 11.8 Å². The highest BCUT2D eigenvalue weighted by atomic mass is 32.2. The number of benzene rings is 2. The number of nitrogens with zero attached hydrogens (tertiary/aromatic N) is 4. The summed E-state index contributed by atoms with van der Waals surface area (Å²) < 4.78 is 24.0. The van der Waals surface area contributed by atoms with Crippen molar-refractivity contribution in [2.45, 2.75) is 44.0 Å². The fourth-order valence-corrected chi connectivity index (χ4v) is 5.50. The molecule has 1 aliphatic carbocycles. The molecular formula is C27H32N4O3S. The number of aromatic nitrogens is 2. The van der Waals surface area contributed by atoms with Crippen molar-refractivity contribution in [3.05, 3.63) is 59.8 Å². The fourth-order valence-electron chi connectivity index (χ4n) is 4.86. The average Bonchev–Trinajstić information content (AvgIpc) is 3.67. The van der Waals surface area contributed by atoms with E-state index in [1.54, 1.807) is 18.2 Å². The van der Waals surface area contributed by atoms with E-state index in [-0.39, 0.29) is 16.7 Å². The Morgan fingerprint density at radius 2 is 1.74 bits per heavy atom. The number of sulfone groups is 1. The Morgan fingerprint density at radius 1 is 1.03 bits per heavy atom. The van der Waals surface area contributed by atoms with Crippen LogP contribution in [0.25, 0.3) is 10.9 Å². The molecule has 2 aromatic carbocycles. The number of piperidine rings is 1. The zero-order chi connectivity index (χ0) is 24.6. The Morgan fingerprint density at radius 3 is 2.40 bits per heavy atom. The maximum absolute atomic E-state index is 13.5. The molecule has 1 aromatic heterocycles. The molecule has 7 nitrogen and oxygen atoms in total. The average molecular weight is 493 g/mol. The molecule has 3 aromatic rings. The first-order valence-electron chi connectivity index (χ1n) is 12.3. The second-order valence-electron chi connectivity index (χ2n) is 9.97. The van der Waals surface area contributed by atoms with Crippen LogP contribution in [-0.2, 0) is 21.2 Å². The summed E-state index contributed by atoms with van der Waals surface area (Å²) in [6.07, 6.45) is 5.17. The first-order chi connectivity index (χ1) is 16.8. The van der Waals surface area contributed by atoms with Gasteiger partial charge in [0.2, 0.25) is 11.9 Å². The third kappa shape index (κ3) is 5.48. The van der Waals surface area contributed by atoms with Gasteiger partial charge >= 0.3 is 0 Å². The van der Waals surface area contributed by atoms with E-state index in [2.05, 4.69) is 21.9 Å². The summed E-state index contributed by atoms with van der Waals surface area (Å²) in [5.41, 5.74) is 2.63. The molecule has 0 N–H and O–H groups in total. The Hall–Kier alpha value is -3.00. The Balaban J connectivity index is 1.29. The first-order valence-corrected chi connectivity index (χ1v) is 14.2. The summed E-state index contributed by atoms with van der Waals surface area (Å²) in [6, 6.07) is 15.2. The highest BCUT2D eigenvalue weighted by Crippen LogP contribution is 2.32. The van der Waals surface area contributed by atoms with Gasteiger partial charge in [0, 0.05) is 43.7 Å². The number of aryl methyl sites for hydroxylation is 1. The lowest BCUT2D eigenvalue weighted by Crippen LogP contribution is -2.43. The molecule has 1 saturated heterocycles. The quantitative estimate of drug-likeness (QED) is 0.496. The topological polar surface area (TPSA) is 83.5 Å². The largest absolute Gasteiger partial charge is 0.341 e. The normalized spacial score (nSPS) is 17.0. The van der Waals surface area contributed by atoms with Gasteiger partial charge in [-0.15, -0.1) is 0 Å². The van der Waals surface area contributed by atoms with Gasteiger partial charge in [-0.2, -0.15) is 0 Å². The molecule has 0 radical (unpaired) electrons. The molecule has 1 saturated carbocycles. The van der Waals surface area contributed by atoms with Crippen molar-refractivity contribution < 1.29 is 13.2 Å². The number of rotatable bonds is 7. The lowest BCUT2D eigenvalue weighted by molar-refractivity contribution is -0.137. The third-order valence-electron chi connectivity index (χ3n) is 7.11. The maximum Gasteiger partial charge on any atom is 0.226 e. The number of hydrogen-bond acceptors (Lipinski definition) is 6. The molecule has 0 bridgehead atoms. The molecule has 0 atom stereocenters. The predicted octanol–water partition coefficient (Wildman–Crippen LogP) is 4.00. The highest BCUT2D eigenvalue weighted by molar-refractivity contribution is 7.90. The van der Waals surface area contributed by atoms with Crippen LogP contribution in [0.1, 0.15) is 36.9 Å². The van der Waals surface area contributed by atoms with E-state index in [0.29, 0.717) is 37.0 Å². The molecule has 1 amide bonds. The Kier molecular flexibility index (Phi) is 6.49. The van der Waals surface area contributed by atoms with Crippen molar-refractivity contribution in [2.75, 3.05) is 30.8 Å². The minimum atomic E-state index is -3.31. The SMILES string of the molecule is Cc1nc(N2CCC(C(=O)N(Cc3ccccc3)CC3CC3)CC2)nc2cc(S(C)(=O)=O)ccc12. The fraction of sp³-hybridized carbons (Fsp3) is 0.444. The van der Waals surface area contributed by atoms with Gasteiger partial charge in [0.15, 0.2) is 9.84 Å². The predicted molar refractivity (Wildman–Crippen MR) is 137 cm³/mol. The van der Waals surface area contributed by atoms with Crippen LogP contribution in [0.15, 0.2) is 53.4 Å². The van der Waals surface area contributed by atoms with Crippen LogP contribution < -0.4 is 4.90 Å². The number of carbonyl (C=O) groups excluding carboxylic acids is 1. The smallest absolute Gasteiger partial charge is 0.226 e. The molecule has 2 heterocycles. The standard InChI is InChI=1S/C27H32N4O3S/c1-19-24-11-10-23(35(2,33)34)16-25(24)29-27(28-19)30-14-12-22(13-15-30)26(32)31(18-21-8-9-21)17-20-6-4-3-5-7-20/h3-7,10-11,16,21-22H,8-9,12-15,17-18H2,1-2H3. The zero-order valence-electron chi connectivity index (χ0n) is 20.4.